The molecule has 0 bridgehead atoms. The Morgan fingerprint density at radius 1 is 1.26 bits per heavy atom. The molecule has 0 aromatic heterocycles. The molecule has 0 N–H and O–H groups in total. The summed E-state index contributed by atoms with van der Waals surface area (Å²) in [5.41, 5.74) is 2.16. The zero-order chi connectivity index (χ0) is 13.9. The van der Waals surface area contributed by atoms with Crippen LogP contribution in [0.3, 0.4) is 0 Å². The Balaban J connectivity index is 2.46. The normalized spacial score (nSPS) is 9.84. The monoisotopic (exact) mass is 280 g/mol. The van der Waals surface area contributed by atoms with Crippen LogP contribution in [0.25, 0.3) is 0 Å². The van der Waals surface area contributed by atoms with Gasteiger partial charge in [-0.25, -0.2) is 0 Å². The SMILES string of the molecule is CCOCCCOc1ccc(C#CCCCl)c(C)c1. The van der Waals surface area contributed by atoms with Gasteiger partial charge in [0.2, 0.25) is 0 Å². The fraction of sp³-hybridized carbons (Fsp3) is 0.500. The van der Waals surface area contributed by atoms with Gasteiger partial charge in [-0.05, 0) is 37.6 Å². The number of rotatable bonds is 7. The van der Waals surface area contributed by atoms with Crippen molar-refractivity contribution in [2.45, 2.75) is 26.7 Å². The minimum atomic E-state index is 0.576. The highest BCUT2D eigenvalue weighted by molar-refractivity contribution is 6.18. The van der Waals surface area contributed by atoms with E-state index in [2.05, 4.69) is 11.8 Å². The van der Waals surface area contributed by atoms with Gasteiger partial charge in [-0.1, -0.05) is 11.8 Å². The van der Waals surface area contributed by atoms with Crippen molar-refractivity contribution >= 4 is 11.6 Å². The first-order valence-electron chi connectivity index (χ1n) is 6.64. The molecule has 0 radical (unpaired) electrons. The van der Waals surface area contributed by atoms with Gasteiger partial charge < -0.3 is 9.47 Å². The van der Waals surface area contributed by atoms with Crippen molar-refractivity contribution in [1.29, 1.82) is 0 Å². The highest BCUT2D eigenvalue weighted by atomic mass is 35.5. The second kappa shape index (κ2) is 9.72. The first-order chi connectivity index (χ1) is 9.27. The minimum Gasteiger partial charge on any atom is -0.493 e. The predicted octanol–water partition coefficient (Wildman–Crippen LogP) is 3.78. The lowest BCUT2D eigenvalue weighted by Crippen LogP contribution is -2.03. The second-order valence-electron chi connectivity index (χ2n) is 4.12. The maximum absolute atomic E-state index is 5.66. The van der Waals surface area contributed by atoms with Crippen molar-refractivity contribution < 1.29 is 9.47 Å². The summed E-state index contributed by atoms with van der Waals surface area (Å²) >= 11 is 5.59. The zero-order valence-electron chi connectivity index (χ0n) is 11.7. The van der Waals surface area contributed by atoms with Crippen LogP contribution in [0, 0.1) is 18.8 Å². The fourth-order valence-corrected chi connectivity index (χ4v) is 1.66. The number of ether oxygens (including phenoxy) is 2. The molecule has 0 unspecified atom stereocenters. The highest BCUT2D eigenvalue weighted by Crippen LogP contribution is 2.16. The van der Waals surface area contributed by atoms with Gasteiger partial charge >= 0.3 is 0 Å². The van der Waals surface area contributed by atoms with Crippen molar-refractivity contribution in [3.8, 4) is 17.6 Å². The van der Waals surface area contributed by atoms with Crippen LogP contribution in [0.2, 0.25) is 0 Å². The van der Waals surface area contributed by atoms with E-state index in [9.17, 15) is 0 Å². The summed E-state index contributed by atoms with van der Waals surface area (Å²) in [4.78, 5) is 0. The van der Waals surface area contributed by atoms with Crippen LogP contribution < -0.4 is 4.74 Å². The van der Waals surface area contributed by atoms with Crippen LogP contribution in [-0.2, 0) is 4.74 Å². The van der Waals surface area contributed by atoms with Crippen molar-refractivity contribution in [3.05, 3.63) is 29.3 Å². The molecule has 2 nitrogen and oxygen atoms in total. The molecule has 0 saturated heterocycles. The molecular formula is C16H21ClO2. The van der Waals surface area contributed by atoms with E-state index in [4.69, 9.17) is 21.1 Å². The Morgan fingerprint density at radius 3 is 2.79 bits per heavy atom. The van der Waals surface area contributed by atoms with Crippen molar-refractivity contribution in [1.82, 2.24) is 0 Å². The number of halogens is 1. The number of hydrogen-bond donors (Lipinski definition) is 0. The van der Waals surface area contributed by atoms with Gasteiger partial charge in [-0.2, -0.15) is 0 Å². The van der Waals surface area contributed by atoms with E-state index in [1.54, 1.807) is 0 Å². The van der Waals surface area contributed by atoms with E-state index in [1.807, 2.05) is 32.0 Å². The zero-order valence-corrected chi connectivity index (χ0v) is 12.4. The maximum Gasteiger partial charge on any atom is 0.119 e. The Bertz CT molecular complexity index is 432. The molecule has 1 aromatic carbocycles. The molecule has 104 valence electrons. The van der Waals surface area contributed by atoms with Crippen LogP contribution >= 0.6 is 11.6 Å². The van der Waals surface area contributed by atoms with E-state index in [0.29, 0.717) is 12.5 Å². The van der Waals surface area contributed by atoms with Gasteiger partial charge in [0.1, 0.15) is 5.75 Å². The first-order valence-corrected chi connectivity index (χ1v) is 7.17. The van der Waals surface area contributed by atoms with Crippen molar-refractivity contribution in [3.63, 3.8) is 0 Å². The average molecular weight is 281 g/mol. The van der Waals surface area contributed by atoms with Gasteiger partial charge in [-0.3, -0.25) is 0 Å². The molecule has 0 heterocycles. The van der Waals surface area contributed by atoms with Crippen LogP contribution in [0.15, 0.2) is 18.2 Å². The average Bonchev–Trinajstić information content (AvgIpc) is 2.41. The molecule has 0 amide bonds. The first kappa shape index (κ1) is 15.9. The second-order valence-corrected chi connectivity index (χ2v) is 4.49. The van der Waals surface area contributed by atoms with Crippen molar-refractivity contribution in [2.24, 2.45) is 0 Å². The van der Waals surface area contributed by atoms with Gasteiger partial charge in [-0.15, -0.1) is 11.6 Å². The van der Waals surface area contributed by atoms with E-state index < -0.39 is 0 Å². The Morgan fingerprint density at radius 2 is 2.11 bits per heavy atom. The summed E-state index contributed by atoms with van der Waals surface area (Å²) in [6.07, 6.45) is 1.63. The molecule has 0 spiro atoms. The molecule has 0 atom stereocenters. The van der Waals surface area contributed by atoms with Crippen LogP contribution in [0.5, 0.6) is 5.75 Å². The summed E-state index contributed by atoms with van der Waals surface area (Å²) in [5.74, 6) is 7.62. The smallest absolute Gasteiger partial charge is 0.119 e. The molecule has 19 heavy (non-hydrogen) atoms. The number of aryl methyl sites for hydroxylation is 1. The molecule has 1 rings (SSSR count). The fourth-order valence-electron chi connectivity index (χ4n) is 1.57. The van der Waals surface area contributed by atoms with E-state index in [1.165, 1.54) is 0 Å². The quantitative estimate of drug-likeness (QED) is 0.430. The number of benzene rings is 1. The molecule has 1 aromatic rings. The summed E-state index contributed by atoms with van der Waals surface area (Å²) < 4.78 is 10.9. The molecule has 0 aliphatic carbocycles. The molecule has 0 fully saturated rings. The molecular weight excluding hydrogens is 260 g/mol. The Labute approximate surface area is 121 Å². The maximum atomic E-state index is 5.66. The summed E-state index contributed by atoms with van der Waals surface area (Å²) in [6, 6.07) is 5.97. The van der Waals surface area contributed by atoms with E-state index in [-0.39, 0.29) is 0 Å². The molecule has 0 saturated carbocycles. The van der Waals surface area contributed by atoms with E-state index in [0.717, 1.165) is 42.9 Å². The summed E-state index contributed by atoms with van der Waals surface area (Å²) in [7, 11) is 0. The lowest BCUT2D eigenvalue weighted by Gasteiger charge is -2.08. The summed E-state index contributed by atoms with van der Waals surface area (Å²) in [6.45, 7) is 6.22. The van der Waals surface area contributed by atoms with E-state index >= 15 is 0 Å². The third-order valence-corrected chi connectivity index (χ3v) is 2.74. The van der Waals surface area contributed by atoms with Crippen LogP contribution in [0.4, 0.5) is 0 Å². The van der Waals surface area contributed by atoms with Gasteiger partial charge in [0, 0.05) is 37.5 Å². The topological polar surface area (TPSA) is 18.5 Å². The standard InChI is InChI=1S/C16H21ClO2/c1-3-18-11-6-12-19-16-9-8-15(14(2)13-16)7-4-5-10-17/h8-9,13H,3,5-6,10-12H2,1-2H3. The minimum absolute atomic E-state index is 0.576. The van der Waals surface area contributed by atoms with Crippen LogP contribution in [-0.4, -0.2) is 25.7 Å². The molecule has 3 heteroatoms. The van der Waals surface area contributed by atoms with Crippen LogP contribution in [0.1, 0.15) is 30.9 Å². The number of hydrogen-bond acceptors (Lipinski definition) is 2. The third kappa shape index (κ3) is 6.52. The summed E-state index contributed by atoms with van der Waals surface area (Å²) in [5, 5.41) is 0. The molecule has 0 aliphatic heterocycles. The lowest BCUT2D eigenvalue weighted by molar-refractivity contribution is 0.131. The number of alkyl halides is 1. The lowest BCUT2D eigenvalue weighted by atomic mass is 10.1. The Kier molecular flexibility index (Phi) is 8.13. The largest absolute Gasteiger partial charge is 0.493 e. The van der Waals surface area contributed by atoms with Gasteiger partial charge in [0.15, 0.2) is 0 Å². The predicted molar refractivity (Wildman–Crippen MR) is 80.0 cm³/mol. The Hall–Kier alpha value is -1.17. The third-order valence-electron chi connectivity index (χ3n) is 2.55. The van der Waals surface area contributed by atoms with Gasteiger partial charge in [0.25, 0.3) is 0 Å². The van der Waals surface area contributed by atoms with Gasteiger partial charge in [0.05, 0.1) is 6.61 Å². The highest BCUT2D eigenvalue weighted by Gasteiger charge is 1.99. The molecule has 0 aliphatic rings. The van der Waals surface area contributed by atoms with Crippen molar-refractivity contribution in [2.75, 3.05) is 25.7 Å².